The molecule has 3 heteroatoms. The van der Waals surface area contributed by atoms with Gasteiger partial charge in [-0.1, -0.05) is 25.5 Å². The molecule has 0 atom stereocenters. The zero-order chi connectivity index (χ0) is 9.31. The molecule has 0 aromatic heterocycles. The van der Waals surface area contributed by atoms with Gasteiger partial charge in [0.1, 0.15) is 5.78 Å². The molecule has 2 nitrogen and oxygen atoms in total. The Morgan fingerprint density at radius 3 is 2.46 bits per heavy atom. The fraction of sp³-hybridized carbons (Fsp3) is 0.800. The van der Waals surface area contributed by atoms with E-state index in [0.717, 1.165) is 44.7 Å². The van der Waals surface area contributed by atoms with E-state index < -0.39 is 0 Å². The monoisotopic (exact) mass is 175 g/mol. The summed E-state index contributed by atoms with van der Waals surface area (Å²) in [5.74, 6) is 2.78. The lowest BCUT2D eigenvalue weighted by Crippen LogP contribution is -2.28. The largest absolute Gasteiger partial charge is 0.300 e. The van der Waals surface area contributed by atoms with Gasteiger partial charge < -0.3 is 0 Å². The van der Waals surface area contributed by atoms with E-state index in [4.69, 9.17) is 5.26 Å². The van der Waals surface area contributed by atoms with Crippen molar-refractivity contribution >= 4 is 12.5 Å². The third-order valence-electron chi connectivity index (χ3n) is 3.74. The van der Waals surface area contributed by atoms with E-state index >= 15 is 0 Å². The van der Waals surface area contributed by atoms with Gasteiger partial charge in [0.05, 0.1) is 0 Å². The van der Waals surface area contributed by atoms with Crippen molar-refractivity contribution in [2.45, 2.75) is 44.7 Å². The van der Waals surface area contributed by atoms with Crippen molar-refractivity contribution < 1.29 is 4.79 Å². The van der Waals surface area contributed by atoms with Crippen LogP contribution in [0.4, 0.5) is 0 Å². The number of ketones is 1. The van der Waals surface area contributed by atoms with Crippen molar-refractivity contribution in [1.29, 1.82) is 5.26 Å². The zero-order valence-electron chi connectivity index (χ0n) is 7.88. The van der Waals surface area contributed by atoms with Crippen LogP contribution in [0.1, 0.15) is 32.1 Å². The zero-order valence-corrected chi connectivity index (χ0v) is 7.88. The predicted octanol–water partition coefficient (Wildman–Crippen LogP) is 2.08. The number of carbonyl (C=O) groups is 1. The van der Waals surface area contributed by atoms with Crippen LogP contribution >= 0.6 is 0 Å². The summed E-state index contributed by atoms with van der Waals surface area (Å²) in [5.41, 5.74) is 0.324. The lowest BCUT2D eigenvalue weighted by Gasteiger charge is -2.33. The van der Waals surface area contributed by atoms with Crippen LogP contribution in [0.25, 0.3) is 0 Å². The van der Waals surface area contributed by atoms with Crippen molar-refractivity contribution in [1.82, 2.24) is 0 Å². The Balaban J connectivity index is 1.98. The second-order valence-electron chi connectivity index (χ2n) is 4.62. The minimum Gasteiger partial charge on any atom is -0.300 e. The fourth-order valence-corrected chi connectivity index (χ4v) is 2.79. The average Bonchev–Trinajstić information content (AvgIpc) is 2.49. The van der Waals surface area contributed by atoms with Gasteiger partial charge in [-0.05, 0) is 11.8 Å². The van der Waals surface area contributed by atoms with E-state index in [9.17, 15) is 4.79 Å². The second kappa shape index (κ2) is 3.18. The summed E-state index contributed by atoms with van der Waals surface area (Å²) in [4.78, 5) is 11.2. The van der Waals surface area contributed by atoms with E-state index in [1.54, 1.807) is 0 Å². The summed E-state index contributed by atoms with van der Waals surface area (Å²) in [5, 5.41) is 8.76. The molecule has 0 amide bonds. The Hall–Kier alpha value is -0.775. The summed E-state index contributed by atoms with van der Waals surface area (Å²) in [6, 6.07) is 0. The smallest absolute Gasteiger partial charge is 0.267 e. The van der Waals surface area contributed by atoms with E-state index in [1.165, 1.54) is 0 Å². The van der Waals surface area contributed by atoms with Crippen LogP contribution in [0.5, 0.6) is 0 Å². The van der Waals surface area contributed by atoms with Crippen molar-refractivity contribution in [3.05, 3.63) is 0 Å². The molecule has 1 aliphatic heterocycles. The summed E-state index contributed by atoms with van der Waals surface area (Å²) in [6.45, 7) is 0.265. The van der Waals surface area contributed by atoms with Gasteiger partial charge in [-0.25, -0.2) is 5.26 Å². The normalized spacial score (nSPS) is 26.4. The molecular formula is C10H14BNO. The third-order valence-corrected chi connectivity index (χ3v) is 3.74. The third kappa shape index (κ3) is 1.63. The van der Waals surface area contributed by atoms with Crippen LogP contribution in [0.2, 0.25) is 12.6 Å². The molecular weight excluding hydrogens is 161 g/mol. The average molecular weight is 175 g/mol. The van der Waals surface area contributed by atoms with Gasteiger partial charge in [0, 0.05) is 18.8 Å². The molecule has 2 rings (SSSR count). The van der Waals surface area contributed by atoms with Gasteiger partial charge in [0.25, 0.3) is 6.71 Å². The summed E-state index contributed by atoms with van der Waals surface area (Å²) in [6.07, 6.45) is 6.92. The molecule has 1 spiro atoms. The molecule has 2 fully saturated rings. The minimum absolute atomic E-state index is 0.265. The Labute approximate surface area is 79.4 Å². The SMILES string of the molecule is N#CB1CCC2(CC1)CCC(=O)C2. The first kappa shape index (κ1) is 8.81. The van der Waals surface area contributed by atoms with Crippen molar-refractivity contribution in [2.75, 3.05) is 0 Å². The topological polar surface area (TPSA) is 40.9 Å². The molecule has 68 valence electrons. The quantitative estimate of drug-likeness (QED) is 0.528. The van der Waals surface area contributed by atoms with Gasteiger partial charge in [-0.2, -0.15) is 0 Å². The highest BCUT2D eigenvalue weighted by Crippen LogP contribution is 2.47. The Kier molecular flexibility index (Phi) is 2.15. The maximum Gasteiger partial charge on any atom is 0.267 e. The summed E-state index contributed by atoms with van der Waals surface area (Å²) >= 11 is 0. The van der Waals surface area contributed by atoms with E-state index in [1.807, 2.05) is 0 Å². The van der Waals surface area contributed by atoms with Crippen molar-refractivity contribution in [2.24, 2.45) is 5.41 Å². The molecule has 0 aromatic rings. The number of Topliss-reactive ketones (excluding diaryl/α,β-unsaturated/α-hetero) is 1. The fourth-order valence-electron chi connectivity index (χ4n) is 2.79. The number of nitrogens with zero attached hydrogens (tertiary/aromatic N) is 1. The molecule has 2 aliphatic rings. The van der Waals surface area contributed by atoms with Gasteiger partial charge >= 0.3 is 0 Å². The van der Waals surface area contributed by atoms with E-state index in [-0.39, 0.29) is 6.71 Å². The molecule has 13 heavy (non-hydrogen) atoms. The first-order chi connectivity index (χ1) is 6.24. The summed E-state index contributed by atoms with van der Waals surface area (Å²) < 4.78 is 0. The highest BCUT2D eigenvalue weighted by molar-refractivity contribution is 6.67. The van der Waals surface area contributed by atoms with Gasteiger partial charge in [-0.3, -0.25) is 4.79 Å². The van der Waals surface area contributed by atoms with Crippen molar-refractivity contribution in [3.63, 3.8) is 0 Å². The molecule has 0 unspecified atom stereocenters. The second-order valence-corrected chi connectivity index (χ2v) is 4.62. The first-order valence-corrected chi connectivity index (χ1v) is 5.15. The molecule has 0 aromatic carbocycles. The lowest BCUT2D eigenvalue weighted by molar-refractivity contribution is -0.118. The molecule has 0 N–H and O–H groups in total. The predicted molar refractivity (Wildman–Crippen MR) is 51.5 cm³/mol. The number of nitriles is 1. The molecule has 0 bridgehead atoms. The van der Waals surface area contributed by atoms with Crippen LogP contribution in [-0.2, 0) is 4.79 Å². The number of hydrogen-bond acceptors (Lipinski definition) is 2. The number of hydrogen-bond donors (Lipinski definition) is 0. The van der Waals surface area contributed by atoms with Gasteiger partial charge in [0.15, 0.2) is 0 Å². The minimum atomic E-state index is 0.265. The lowest BCUT2D eigenvalue weighted by atomic mass is 9.39. The van der Waals surface area contributed by atoms with Crippen LogP contribution in [0.15, 0.2) is 0 Å². The van der Waals surface area contributed by atoms with Crippen LogP contribution in [-0.4, -0.2) is 12.5 Å². The molecule has 1 aliphatic carbocycles. The highest BCUT2D eigenvalue weighted by Gasteiger charge is 2.41. The van der Waals surface area contributed by atoms with Gasteiger partial charge in [-0.15, -0.1) is 0 Å². The number of rotatable bonds is 0. The van der Waals surface area contributed by atoms with Crippen molar-refractivity contribution in [3.8, 4) is 5.97 Å². The molecule has 1 saturated heterocycles. The standard InChI is InChI=1S/C10H14BNO/c12-8-11-5-3-10(4-6-11)2-1-9(13)7-10/h1-7H2. The maximum atomic E-state index is 11.2. The first-order valence-electron chi connectivity index (χ1n) is 5.15. The maximum absolute atomic E-state index is 11.2. The Bertz CT molecular complexity index is 261. The van der Waals surface area contributed by atoms with Crippen LogP contribution in [0, 0.1) is 16.6 Å². The summed E-state index contributed by atoms with van der Waals surface area (Å²) in [7, 11) is 0. The highest BCUT2D eigenvalue weighted by atomic mass is 16.1. The van der Waals surface area contributed by atoms with E-state index in [0.29, 0.717) is 11.2 Å². The molecule has 1 saturated carbocycles. The molecule has 0 radical (unpaired) electrons. The van der Waals surface area contributed by atoms with E-state index in [2.05, 4.69) is 5.97 Å². The Morgan fingerprint density at radius 1 is 1.31 bits per heavy atom. The van der Waals surface area contributed by atoms with Crippen LogP contribution < -0.4 is 0 Å². The Morgan fingerprint density at radius 2 is 2.00 bits per heavy atom. The van der Waals surface area contributed by atoms with Gasteiger partial charge in [0.2, 0.25) is 0 Å². The van der Waals surface area contributed by atoms with Crippen LogP contribution in [0.3, 0.4) is 0 Å². The molecule has 1 heterocycles. The number of carbonyl (C=O) groups excluding carboxylic acids is 1.